The fourth-order valence-electron chi connectivity index (χ4n) is 2.58. The molecule has 1 aromatic heterocycles. The predicted molar refractivity (Wildman–Crippen MR) is 81.1 cm³/mol. The largest absolute Gasteiger partial charge is 0.324 e. The van der Waals surface area contributed by atoms with Gasteiger partial charge in [-0.1, -0.05) is 32.9 Å². The van der Waals surface area contributed by atoms with Crippen molar-refractivity contribution in [2.45, 2.75) is 52.6 Å². The third kappa shape index (κ3) is 2.81. The van der Waals surface area contributed by atoms with Crippen LogP contribution in [0.1, 0.15) is 58.4 Å². The SMILES string of the molecule is CCC(C)n1c(C(N)CC(C)C)nc2ccccc21. The molecule has 0 fully saturated rings. The lowest BCUT2D eigenvalue weighted by Gasteiger charge is -2.20. The van der Waals surface area contributed by atoms with E-state index in [2.05, 4.69) is 50.5 Å². The average molecular weight is 259 g/mol. The lowest BCUT2D eigenvalue weighted by atomic mass is 10.0. The molecule has 0 radical (unpaired) electrons. The van der Waals surface area contributed by atoms with Crippen molar-refractivity contribution in [1.29, 1.82) is 0 Å². The molecule has 0 saturated carbocycles. The lowest BCUT2D eigenvalue weighted by Crippen LogP contribution is -2.20. The summed E-state index contributed by atoms with van der Waals surface area (Å²) in [4.78, 5) is 4.77. The number of aromatic nitrogens is 2. The van der Waals surface area contributed by atoms with E-state index in [1.807, 2.05) is 6.07 Å². The summed E-state index contributed by atoms with van der Waals surface area (Å²) < 4.78 is 2.32. The van der Waals surface area contributed by atoms with E-state index in [-0.39, 0.29) is 6.04 Å². The molecule has 1 aromatic carbocycles. The van der Waals surface area contributed by atoms with Crippen LogP contribution in [0.2, 0.25) is 0 Å². The van der Waals surface area contributed by atoms with Gasteiger partial charge in [-0.3, -0.25) is 0 Å². The number of rotatable bonds is 5. The molecule has 0 aliphatic heterocycles. The Morgan fingerprint density at radius 3 is 2.53 bits per heavy atom. The van der Waals surface area contributed by atoms with Crippen molar-refractivity contribution in [2.24, 2.45) is 11.7 Å². The van der Waals surface area contributed by atoms with Gasteiger partial charge in [0.25, 0.3) is 0 Å². The number of nitrogens with zero attached hydrogens (tertiary/aromatic N) is 2. The number of benzene rings is 1. The van der Waals surface area contributed by atoms with Crippen LogP contribution < -0.4 is 5.73 Å². The van der Waals surface area contributed by atoms with E-state index >= 15 is 0 Å². The highest BCUT2D eigenvalue weighted by molar-refractivity contribution is 5.76. The second kappa shape index (κ2) is 5.74. The highest BCUT2D eigenvalue weighted by Gasteiger charge is 2.20. The molecule has 2 unspecified atom stereocenters. The summed E-state index contributed by atoms with van der Waals surface area (Å²) in [6.45, 7) is 8.85. The van der Waals surface area contributed by atoms with Crippen molar-refractivity contribution in [3.63, 3.8) is 0 Å². The minimum Gasteiger partial charge on any atom is -0.324 e. The first-order chi connectivity index (χ1) is 9.04. The van der Waals surface area contributed by atoms with Gasteiger partial charge in [0.1, 0.15) is 5.82 Å². The summed E-state index contributed by atoms with van der Waals surface area (Å²) in [5.41, 5.74) is 8.62. The Morgan fingerprint density at radius 1 is 1.21 bits per heavy atom. The fourth-order valence-corrected chi connectivity index (χ4v) is 2.58. The van der Waals surface area contributed by atoms with Gasteiger partial charge >= 0.3 is 0 Å². The van der Waals surface area contributed by atoms with Gasteiger partial charge in [-0.15, -0.1) is 0 Å². The molecular weight excluding hydrogens is 234 g/mol. The van der Waals surface area contributed by atoms with Crippen molar-refractivity contribution in [3.8, 4) is 0 Å². The summed E-state index contributed by atoms with van der Waals surface area (Å²) in [6, 6.07) is 8.76. The summed E-state index contributed by atoms with van der Waals surface area (Å²) >= 11 is 0. The number of para-hydroxylation sites is 2. The van der Waals surface area contributed by atoms with Gasteiger partial charge in [-0.2, -0.15) is 0 Å². The van der Waals surface area contributed by atoms with Crippen LogP contribution in [-0.2, 0) is 0 Å². The second-order valence-corrected chi connectivity index (χ2v) is 5.82. The van der Waals surface area contributed by atoms with Crippen LogP contribution >= 0.6 is 0 Å². The lowest BCUT2D eigenvalue weighted by molar-refractivity contribution is 0.448. The smallest absolute Gasteiger partial charge is 0.127 e. The monoisotopic (exact) mass is 259 g/mol. The molecule has 0 aliphatic carbocycles. The van der Waals surface area contributed by atoms with Crippen LogP contribution in [0, 0.1) is 5.92 Å². The maximum Gasteiger partial charge on any atom is 0.127 e. The molecule has 2 aromatic rings. The van der Waals surface area contributed by atoms with Gasteiger partial charge in [-0.25, -0.2) is 4.98 Å². The Bertz CT molecular complexity index is 542. The normalized spacial score (nSPS) is 15.1. The van der Waals surface area contributed by atoms with Crippen molar-refractivity contribution in [2.75, 3.05) is 0 Å². The summed E-state index contributed by atoms with van der Waals surface area (Å²) in [6.07, 6.45) is 2.06. The van der Waals surface area contributed by atoms with Crippen molar-refractivity contribution < 1.29 is 0 Å². The van der Waals surface area contributed by atoms with E-state index in [1.165, 1.54) is 5.52 Å². The van der Waals surface area contributed by atoms with Crippen LogP contribution in [-0.4, -0.2) is 9.55 Å². The van der Waals surface area contributed by atoms with E-state index in [0.29, 0.717) is 12.0 Å². The van der Waals surface area contributed by atoms with E-state index in [1.54, 1.807) is 0 Å². The van der Waals surface area contributed by atoms with Gasteiger partial charge < -0.3 is 10.3 Å². The number of fused-ring (bicyclic) bond motifs is 1. The number of hydrogen-bond acceptors (Lipinski definition) is 2. The number of nitrogens with two attached hydrogens (primary N) is 1. The van der Waals surface area contributed by atoms with Gasteiger partial charge in [0.15, 0.2) is 0 Å². The second-order valence-electron chi connectivity index (χ2n) is 5.82. The van der Waals surface area contributed by atoms with Gasteiger partial charge in [0.05, 0.1) is 17.1 Å². The molecular formula is C16H25N3. The molecule has 2 rings (SSSR count). The zero-order valence-corrected chi connectivity index (χ0v) is 12.4. The summed E-state index contributed by atoms with van der Waals surface area (Å²) in [7, 11) is 0. The highest BCUT2D eigenvalue weighted by atomic mass is 15.1. The zero-order chi connectivity index (χ0) is 14.0. The Balaban J connectivity index is 2.52. The molecule has 0 saturated heterocycles. The molecule has 104 valence electrons. The molecule has 1 heterocycles. The first-order valence-corrected chi connectivity index (χ1v) is 7.27. The minimum atomic E-state index is 0.0152. The maximum absolute atomic E-state index is 6.37. The van der Waals surface area contributed by atoms with Crippen molar-refractivity contribution in [3.05, 3.63) is 30.1 Å². The van der Waals surface area contributed by atoms with Crippen LogP contribution in [0.5, 0.6) is 0 Å². The molecule has 2 atom stereocenters. The third-order valence-electron chi connectivity index (χ3n) is 3.71. The first kappa shape index (κ1) is 14.1. The molecule has 0 bridgehead atoms. The molecule has 0 amide bonds. The quantitative estimate of drug-likeness (QED) is 0.880. The van der Waals surface area contributed by atoms with E-state index in [9.17, 15) is 0 Å². The Kier molecular flexibility index (Phi) is 4.25. The first-order valence-electron chi connectivity index (χ1n) is 7.27. The van der Waals surface area contributed by atoms with Gasteiger partial charge in [0, 0.05) is 6.04 Å². The summed E-state index contributed by atoms with van der Waals surface area (Å²) in [5.74, 6) is 1.62. The third-order valence-corrected chi connectivity index (χ3v) is 3.71. The number of hydrogen-bond donors (Lipinski definition) is 1. The van der Waals surface area contributed by atoms with Crippen LogP contribution in [0.15, 0.2) is 24.3 Å². The summed E-state index contributed by atoms with van der Waals surface area (Å²) in [5, 5.41) is 0. The molecule has 2 N–H and O–H groups in total. The van der Waals surface area contributed by atoms with Gasteiger partial charge in [-0.05, 0) is 37.8 Å². The van der Waals surface area contributed by atoms with Crippen LogP contribution in [0.4, 0.5) is 0 Å². The topological polar surface area (TPSA) is 43.8 Å². The molecule has 0 aliphatic rings. The average Bonchev–Trinajstić information content (AvgIpc) is 2.76. The fraction of sp³-hybridized carbons (Fsp3) is 0.562. The molecule has 3 nitrogen and oxygen atoms in total. The van der Waals surface area contributed by atoms with E-state index in [0.717, 1.165) is 24.2 Å². The standard InChI is InChI=1S/C16H25N3/c1-5-12(4)19-15-9-7-6-8-14(15)18-16(19)13(17)10-11(2)3/h6-9,11-13H,5,10,17H2,1-4H3. The predicted octanol–water partition coefficient (Wildman–Crippen LogP) is 4.05. The number of imidazole rings is 1. The van der Waals surface area contributed by atoms with Crippen LogP contribution in [0.3, 0.4) is 0 Å². The van der Waals surface area contributed by atoms with Crippen LogP contribution in [0.25, 0.3) is 11.0 Å². The highest BCUT2D eigenvalue weighted by Crippen LogP contribution is 2.28. The Hall–Kier alpha value is -1.35. The zero-order valence-electron chi connectivity index (χ0n) is 12.4. The molecule has 3 heteroatoms. The molecule has 0 spiro atoms. The molecule has 19 heavy (non-hydrogen) atoms. The van der Waals surface area contributed by atoms with E-state index in [4.69, 9.17) is 10.7 Å². The maximum atomic E-state index is 6.37. The van der Waals surface area contributed by atoms with Crippen molar-refractivity contribution >= 4 is 11.0 Å². The Labute approximate surface area is 115 Å². The minimum absolute atomic E-state index is 0.0152. The van der Waals surface area contributed by atoms with E-state index < -0.39 is 0 Å². The Morgan fingerprint density at radius 2 is 1.89 bits per heavy atom. The van der Waals surface area contributed by atoms with Gasteiger partial charge in [0.2, 0.25) is 0 Å². The van der Waals surface area contributed by atoms with Crippen molar-refractivity contribution in [1.82, 2.24) is 9.55 Å².